The average Bonchev–Trinajstić information content (AvgIpc) is 3.14. The van der Waals surface area contributed by atoms with E-state index in [-0.39, 0.29) is 12.2 Å². The number of aromatic nitrogens is 2. The van der Waals surface area contributed by atoms with Gasteiger partial charge in [0.15, 0.2) is 5.69 Å². The van der Waals surface area contributed by atoms with Crippen LogP contribution < -0.4 is 4.74 Å². The van der Waals surface area contributed by atoms with Crippen LogP contribution in [0.4, 0.5) is 0 Å². The van der Waals surface area contributed by atoms with E-state index < -0.39 is 5.97 Å². The summed E-state index contributed by atoms with van der Waals surface area (Å²) in [6, 6.07) is 12.3. The molecule has 0 fully saturated rings. The topological polar surface area (TPSA) is 84.7 Å². The molecule has 0 spiro atoms. The molecule has 0 radical (unpaired) electrons. The summed E-state index contributed by atoms with van der Waals surface area (Å²) in [6.45, 7) is 0.421. The number of fused-ring (bicyclic) bond motifs is 1. The minimum absolute atomic E-state index is 0.131. The molecule has 3 aromatic rings. The van der Waals surface area contributed by atoms with E-state index in [2.05, 4.69) is 5.10 Å². The zero-order valence-corrected chi connectivity index (χ0v) is 17.9. The van der Waals surface area contributed by atoms with Crippen LogP contribution in [-0.2, 0) is 11.3 Å². The lowest BCUT2D eigenvalue weighted by atomic mass is 9.98. The number of amides is 1. The van der Waals surface area contributed by atoms with Crippen molar-refractivity contribution in [3.05, 3.63) is 75.0 Å². The SMILES string of the molecule is COc1ccc(C=C2CN(C=O)Cc3c(C(=O)O)nn(-c4ccc(Cl)cc4Cl)c32)cc1. The summed E-state index contributed by atoms with van der Waals surface area (Å²) >= 11 is 12.4. The van der Waals surface area contributed by atoms with E-state index in [1.54, 1.807) is 25.3 Å². The van der Waals surface area contributed by atoms with Crippen LogP contribution in [-0.4, -0.2) is 45.8 Å². The molecule has 0 atom stereocenters. The lowest BCUT2D eigenvalue weighted by molar-refractivity contribution is -0.118. The first-order chi connectivity index (χ1) is 14.9. The van der Waals surface area contributed by atoms with Crippen molar-refractivity contribution >= 4 is 47.2 Å². The Morgan fingerprint density at radius 3 is 2.52 bits per heavy atom. The van der Waals surface area contributed by atoms with Gasteiger partial charge in [-0.05, 0) is 47.5 Å². The van der Waals surface area contributed by atoms with Crippen molar-refractivity contribution in [2.75, 3.05) is 13.7 Å². The van der Waals surface area contributed by atoms with Crippen molar-refractivity contribution in [3.63, 3.8) is 0 Å². The minimum Gasteiger partial charge on any atom is -0.497 e. The quantitative estimate of drug-likeness (QED) is 0.573. The first kappa shape index (κ1) is 21.0. The number of methoxy groups -OCH3 is 1. The van der Waals surface area contributed by atoms with Gasteiger partial charge in [-0.2, -0.15) is 5.10 Å². The predicted octanol–water partition coefficient (Wildman–Crippen LogP) is 4.40. The van der Waals surface area contributed by atoms with Gasteiger partial charge < -0.3 is 14.7 Å². The largest absolute Gasteiger partial charge is 0.497 e. The van der Waals surface area contributed by atoms with Crippen LogP contribution in [0.2, 0.25) is 10.0 Å². The maximum absolute atomic E-state index is 11.9. The Morgan fingerprint density at radius 1 is 1.16 bits per heavy atom. The van der Waals surface area contributed by atoms with E-state index in [4.69, 9.17) is 27.9 Å². The summed E-state index contributed by atoms with van der Waals surface area (Å²) < 4.78 is 6.71. The number of benzene rings is 2. The molecule has 0 unspecified atom stereocenters. The van der Waals surface area contributed by atoms with Crippen LogP contribution >= 0.6 is 23.2 Å². The van der Waals surface area contributed by atoms with Gasteiger partial charge in [-0.1, -0.05) is 35.3 Å². The molecule has 0 saturated heterocycles. The highest BCUT2D eigenvalue weighted by atomic mass is 35.5. The molecule has 1 amide bonds. The van der Waals surface area contributed by atoms with Gasteiger partial charge in [-0.15, -0.1) is 0 Å². The van der Waals surface area contributed by atoms with Crippen LogP contribution in [0.1, 0.15) is 27.3 Å². The number of nitrogens with zero attached hydrogens (tertiary/aromatic N) is 3. The van der Waals surface area contributed by atoms with E-state index in [0.29, 0.717) is 45.7 Å². The Morgan fingerprint density at radius 2 is 1.90 bits per heavy atom. The third-order valence-corrected chi connectivity index (χ3v) is 5.51. The van der Waals surface area contributed by atoms with Crippen LogP contribution in [0.5, 0.6) is 5.75 Å². The number of ether oxygens (including phenoxy) is 1. The van der Waals surface area contributed by atoms with Crippen molar-refractivity contribution in [1.29, 1.82) is 0 Å². The van der Waals surface area contributed by atoms with Gasteiger partial charge in [0, 0.05) is 17.1 Å². The highest BCUT2D eigenvalue weighted by Gasteiger charge is 2.31. The molecule has 0 bridgehead atoms. The average molecular weight is 458 g/mol. The fourth-order valence-corrected chi connectivity index (χ4v) is 4.06. The summed E-state index contributed by atoms with van der Waals surface area (Å²) in [5.74, 6) is -0.469. The van der Waals surface area contributed by atoms with E-state index in [1.165, 1.54) is 9.58 Å². The zero-order chi connectivity index (χ0) is 22.1. The standard InChI is InChI=1S/C22H17Cl2N3O4/c1-31-16-5-2-13(3-6-16)8-14-10-26(12-28)11-17-20(22(29)30)25-27(21(14)17)19-7-4-15(23)9-18(19)24/h2-9,12H,10-11H2,1H3,(H,29,30). The minimum atomic E-state index is -1.18. The Kier molecular flexibility index (Phi) is 5.71. The van der Waals surface area contributed by atoms with Crippen molar-refractivity contribution in [1.82, 2.24) is 14.7 Å². The van der Waals surface area contributed by atoms with Crippen molar-refractivity contribution < 1.29 is 19.4 Å². The summed E-state index contributed by atoms with van der Waals surface area (Å²) in [5, 5.41) is 14.8. The number of hydrogen-bond acceptors (Lipinski definition) is 4. The Hall–Kier alpha value is -3.29. The summed E-state index contributed by atoms with van der Waals surface area (Å²) in [7, 11) is 1.59. The van der Waals surface area contributed by atoms with E-state index in [9.17, 15) is 14.7 Å². The fourth-order valence-electron chi connectivity index (χ4n) is 3.57. The highest BCUT2D eigenvalue weighted by molar-refractivity contribution is 6.35. The Bertz CT molecular complexity index is 1200. The Balaban J connectivity index is 1.95. The first-order valence-corrected chi connectivity index (χ1v) is 10.0. The monoisotopic (exact) mass is 457 g/mol. The molecule has 2 heterocycles. The molecular weight excluding hydrogens is 441 g/mol. The molecule has 31 heavy (non-hydrogen) atoms. The maximum atomic E-state index is 11.9. The number of aromatic carboxylic acids is 1. The maximum Gasteiger partial charge on any atom is 0.356 e. The first-order valence-electron chi connectivity index (χ1n) is 9.26. The second-order valence-corrected chi connectivity index (χ2v) is 7.79. The van der Waals surface area contributed by atoms with Gasteiger partial charge in [-0.25, -0.2) is 9.48 Å². The number of carbonyl (C=O) groups is 2. The molecule has 0 saturated carbocycles. The van der Waals surface area contributed by atoms with Crippen molar-refractivity contribution in [2.24, 2.45) is 0 Å². The number of hydrogen-bond donors (Lipinski definition) is 1. The number of carboxylic acid groups (broad SMARTS) is 1. The molecule has 158 valence electrons. The summed E-state index contributed by atoms with van der Waals surface area (Å²) in [6.07, 6.45) is 2.59. The van der Waals surface area contributed by atoms with Gasteiger partial charge in [0.25, 0.3) is 0 Å². The van der Waals surface area contributed by atoms with Gasteiger partial charge in [0.2, 0.25) is 6.41 Å². The van der Waals surface area contributed by atoms with Crippen LogP contribution in [0.3, 0.4) is 0 Å². The van der Waals surface area contributed by atoms with Crippen LogP contribution in [0.25, 0.3) is 17.3 Å². The molecule has 0 aliphatic carbocycles. The third-order valence-electron chi connectivity index (χ3n) is 4.97. The normalized spacial score (nSPS) is 14.4. The lowest BCUT2D eigenvalue weighted by Crippen LogP contribution is -2.29. The molecule has 1 N–H and O–H groups in total. The zero-order valence-electron chi connectivity index (χ0n) is 16.4. The molecule has 1 aliphatic rings. The molecular formula is C22H17Cl2N3O4. The second kappa shape index (κ2) is 8.45. The Labute approximate surface area is 188 Å². The lowest BCUT2D eigenvalue weighted by Gasteiger charge is -2.26. The number of halogens is 2. The van der Waals surface area contributed by atoms with Crippen LogP contribution in [0, 0.1) is 0 Å². The molecule has 2 aromatic carbocycles. The second-order valence-electron chi connectivity index (χ2n) is 6.94. The van der Waals surface area contributed by atoms with Gasteiger partial charge in [0.05, 0.1) is 30.1 Å². The van der Waals surface area contributed by atoms with E-state index in [0.717, 1.165) is 11.1 Å². The third kappa shape index (κ3) is 4.02. The molecule has 1 aliphatic heterocycles. The predicted molar refractivity (Wildman–Crippen MR) is 118 cm³/mol. The van der Waals surface area contributed by atoms with Crippen molar-refractivity contribution in [3.8, 4) is 11.4 Å². The number of rotatable bonds is 5. The number of carboxylic acids is 1. The summed E-state index contributed by atoms with van der Waals surface area (Å²) in [5.41, 5.74) is 2.99. The number of carbonyl (C=O) groups excluding carboxylic acids is 1. The molecule has 7 nitrogen and oxygen atoms in total. The van der Waals surface area contributed by atoms with E-state index >= 15 is 0 Å². The van der Waals surface area contributed by atoms with Crippen molar-refractivity contribution in [2.45, 2.75) is 6.54 Å². The van der Waals surface area contributed by atoms with E-state index in [1.807, 2.05) is 30.3 Å². The van der Waals surface area contributed by atoms with Gasteiger partial charge >= 0.3 is 5.97 Å². The highest BCUT2D eigenvalue weighted by Crippen LogP contribution is 2.35. The molecule has 9 heteroatoms. The van der Waals surface area contributed by atoms with Crippen LogP contribution in [0.15, 0.2) is 42.5 Å². The fraction of sp³-hybridized carbons (Fsp3) is 0.136. The van der Waals surface area contributed by atoms with Gasteiger partial charge in [-0.3, -0.25) is 4.79 Å². The summed E-state index contributed by atoms with van der Waals surface area (Å²) in [4.78, 5) is 25.0. The molecule has 1 aromatic heterocycles. The molecule has 4 rings (SSSR count). The smallest absolute Gasteiger partial charge is 0.356 e. The van der Waals surface area contributed by atoms with Gasteiger partial charge in [0.1, 0.15) is 5.75 Å².